The van der Waals surface area contributed by atoms with E-state index < -0.39 is 0 Å². The third-order valence-electron chi connectivity index (χ3n) is 5.35. The fraction of sp³-hybridized carbons (Fsp3) is 0.435. The predicted octanol–water partition coefficient (Wildman–Crippen LogP) is 4.55. The molecule has 0 spiro atoms. The summed E-state index contributed by atoms with van der Waals surface area (Å²) in [6.45, 7) is 9.65. The van der Waals surface area contributed by atoms with E-state index in [2.05, 4.69) is 42.3 Å². The van der Waals surface area contributed by atoms with Crippen LogP contribution in [0.4, 0.5) is 5.69 Å². The van der Waals surface area contributed by atoms with E-state index in [4.69, 9.17) is 4.74 Å². The Morgan fingerprint density at radius 1 is 1.11 bits per heavy atom. The van der Waals surface area contributed by atoms with Gasteiger partial charge in [0.2, 0.25) is 5.91 Å². The highest BCUT2D eigenvalue weighted by Gasteiger charge is 2.25. The monoisotopic (exact) mass is 366 g/mol. The molecular weight excluding hydrogens is 336 g/mol. The first-order valence-corrected chi connectivity index (χ1v) is 9.87. The number of aryl methyl sites for hydroxylation is 2. The Bertz CT molecular complexity index is 780. The van der Waals surface area contributed by atoms with E-state index in [0.717, 1.165) is 43.9 Å². The molecule has 0 aliphatic carbocycles. The summed E-state index contributed by atoms with van der Waals surface area (Å²) in [6, 6.07) is 14.4. The molecule has 0 saturated carbocycles. The van der Waals surface area contributed by atoms with Gasteiger partial charge in [-0.15, -0.1) is 0 Å². The summed E-state index contributed by atoms with van der Waals surface area (Å²) >= 11 is 0. The third kappa shape index (κ3) is 5.33. The average molecular weight is 367 g/mol. The Morgan fingerprint density at radius 2 is 1.89 bits per heavy atom. The van der Waals surface area contributed by atoms with Crippen LogP contribution in [-0.4, -0.2) is 30.5 Å². The lowest BCUT2D eigenvalue weighted by molar-refractivity contribution is -0.121. The number of rotatable bonds is 6. The number of hydrogen-bond acceptors (Lipinski definition) is 3. The van der Waals surface area contributed by atoms with E-state index in [1.54, 1.807) is 0 Å². The van der Waals surface area contributed by atoms with Gasteiger partial charge < -0.3 is 10.1 Å². The second kappa shape index (κ2) is 9.05. The zero-order valence-corrected chi connectivity index (χ0v) is 16.6. The molecule has 0 atom stereocenters. The van der Waals surface area contributed by atoms with Crippen LogP contribution >= 0.6 is 0 Å². The smallest absolute Gasteiger partial charge is 0.227 e. The summed E-state index contributed by atoms with van der Waals surface area (Å²) in [5.74, 6) is 1.17. The van der Waals surface area contributed by atoms with E-state index in [1.165, 1.54) is 16.7 Å². The molecule has 1 heterocycles. The highest BCUT2D eigenvalue weighted by molar-refractivity contribution is 5.92. The summed E-state index contributed by atoms with van der Waals surface area (Å²) in [6.07, 6.45) is 1.81. The maximum atomic E-state index is 12.6. The van der Waals surface area contributed by atoms with Gasteiger partial charge in [0.15, 0.2) is 0 Å². The maximum absolute atomic E-state index is 12.6. The van der Waals surface area contributed by atoms with E-state index in [-0.39, 0.29) is 11.8 Å². The molecule has 0 unspecified atom stereocenters. The molecule has 1 aliphatic rings. The lowest BCUT2D eigenvalue weighted by atomic mass is 9.95. The van der Waals surface area contributed by atoms with Gasteiger partial charge in [0, 0.05) is 18.2 Å². The number of nitrogens with one attached hydrogen (secondary N) is 1. The van der Waals surface area contributed by atoms with Crippen LogP contribution < -0.4 is 10.1 Å². The Balaban J connectivity index is 1.50. The van der Waals surface area contributed by atoms with Crippen LogP contribution in [0.2, 0.25) is 0 Å². The van der Waals surface area contributed by atoms with Gasteiger partial charge in [0.1, 0.15) is 5.75 Å². The zero-order chi connectivity index (χ0) is 19.2. The summed E-state index contributed by atoms with van der Waals surface area (Å²) in [5, 5.41) is 3.09. The highest BCUT2D eigenvalue weighted by Crippen LogP contribution is 2.23. The average Bonchev–Trinajstić information content (AvgIpc) is 2.66. The molecular formula is C23H30N2O2. The second-order valence-corrected chi connectivity index (χ2v) is 7.42. The van der Waals surface area contributed by atoms with Crippen molar-refractivity contribution in [1.82, 2.24) is 4.90 Å². The van der Waals surface area contributed by atoms with E-state index in [9.17, 15) is 4.79 Å². The lowest BCUT2D eigenvalue weighted by Crippen LogP contribution is -2.37. The molecule has 1 aliphatic heterocycles. The van der Waals surface area contributed by atoms with Crippen molar-refractivity contribution in [3.63, 3.8) is 0 Å². The molecule has 0 aromatic heterocycles. The van der Waals surface area contributed by atoms with Crippen LogP contribution in [0.1, 0.15) is 36.5 Å². The maximum Gasteiger partial charge on any atom is 0.227 e. The van der Waals surface area contributed by atoms with Gasteiger partial charge in [-0.3, -0.25) is 9.69 Å². The van der Waals surface area contributed by atoms with Crippen LogP contribution in [0.3, 0.4) is 0 Å². The van der Waals surface area contributed by atoms with Crippen molar-refractivity contribution < 1.29 is 9.53 Å². The molecule has 0 bridgehead atoms. The van der Waals surface area contributed by atoms with Crippen LogP contribution in [0.5, 0.6) is 5.75 Å². The first-order valence-electron chi connectivity index (χ1n) is 9.87. The van der Waals surface area contributed by atoms with Gasteiger partial charge in [-0.25, -0.2) is 0 Å². The summed E-state index contributed by atoms with van der Waals surface area (Å²) < 4.78 is 5.59. The van der Waals surface area contributed by atoms with Crippen molar-refractivity contribution >= 4 is 11.6 Å². The molecule has 1 saturated heterocycles. The number of piperidine rings is 1. The summed E-state index contributed by atoms with van der Waals surface area (Å²) in [4.78, 5) is 15.0. The molecule has 3 rings (SSSR count). The van der Waals surface area contributed by atoms with Crippen LogP contribution in [0, 0.1) is 19.8 Å². The number of carbonyl (C=O) groups is 1. The predicted molar refractivity (Wildman–Crippen MR) is 110 cm³/mol. The van der Waals surface area contributed by atoms with Gasteiger partial charge in [0.05, 0.1) is 6.61 Å². The van der Waals surface area contributed by atoms with Crippen molar-refractivity contribution in [2.24, 2.45) is 5.92 Å². The molecule has 4 heteroatoms. The van der Waals surface area contributed by atoms with Crippen LogP contribution in [0.15, 0.2) is 42.5 Å². The minimum absolute atomic E-state index is 0.0950. The largest absolute Gasteiger partial charge is 0.494 e. The number of carbonyl (C=O) groups excluding carboxylic acids is 1. The highest BCUT2D eigenvalue weighted by atomic mass is 16.5. The quantitative estimate of drug-likeness (QED) is 0.815. The molecule has 2 aromatic rings. The minimum Gasteiger partial charge on any atom is -0.494 e. The fourth-order valence-electron chi connectivity index (χ4n) is 3.58. The number of amides is 1. The molecule has 1 amide bonds. The first-order chi connectivity index (χ1) is 13.0. The summed E-state index contributed by atoms with van der Waals surface area (Å²) in [5.41, 5.74) is 4.61. The standard InChI is InChI=1S/C23H30N2O2/c1-4-27-22-7-5-6-19(15-22)16-25-12-10-20(11-13-25)23(26)24-21-9-8-17(2)18(3)14-21/h5-9,14-15,20H,4,10-13,16H2,1-3H3,(H,24,26). The topological polar surface area (TPSA) is 41.6 Å². The van der Waals surface area contributed by atoms with Gasteiger partial charge in [0.25, 0.3) is 0 Å². The number of benzene rings is 2. The normalized spacial score (nSPS) is 15.5. The SMILES string of the molecule is CCOc1cccc(CN2CCC(C(=O)Nc3ccc(C)c(C)c3)CC2)c1. The van der Waals surface area contributed by atoms with Crippen LogP contribution in [0.25, 0.3) is 0 Å². The number of likely N-dealkylation sites (tertiary alicyclic amines) is 1. The third-order valence-corrected chi connectivity index (χ3v) is 5.35. The van der Waals surface area contributed by atoms with Crippen molar-refractivity contribution in [3.8, 4) is 5.75 Å². The number of anilines is 1. The first kappa shape index (κ1) is 19.4. The molecule has 0 radical (unpaired) electrons. The number of ether oxygens (including phenoxy) is 1. The van der Waals surface area contributed by atoms with Gasteiger partial charge in [-0.05, 0) is 87.7 Å². The van der Waals surface area contributed by atoms with Crippen molar-refractivity contribution in [1.29, 1.82) is 0 Å². The van der Waals surface area contributed by atoms with Gasteiger partial charge >= 0.3 is 0 Å². The van der Waals surface area contributed by atoms with Crippen molar-refractivity contribution in [3.05, 3.63) is 59.2 Å². The van der Waals surface area contributed by atoms with E-state index >= 15 is 0 Å². The molecule has 144 valence electrons. The Hall–Kier alpha value is -2.33. The summed E-state index contributed by atoms with van der Waals surface area (Å²) in [7, 11) is 0. The molecule has 4 nitrogen and oxygen atoms in total. The van der Waals surface area contributed by atoms with Gasteiger partial charge in [-0.1, -0.05) is 18.2 Å². The second-order valence-electron chi connectivity index (χ2n) is 7.42. The Morgan fingerprint density at radius 3 is 2.59 bits per heavy atom. The molecule has 1 fully saturated rings. The molecule has 27 heavy (non-hydrogen) atoms. The molecule has 1 N–H and O–H groups in total. The molecule has 2 aromatic carbocycles. The van der Waals surface area contributed by atoms with E-state index in [1.807, 2.05) is 31.2 Å². The Kier molecular flexibility index (Phi) is 6.51. The van der Waals surface area contributed by atoms with Gasteiger partial charge in [-0.2, -0.15) is 0 Å². The Labute approximate surface area is 162 Å². The van der Waals surface area contributed by atoms with Crippen molar-refractivity contribution in [2.75, 3.05) is 25.0 Å². The van der Waals surface area contributed by atoms with Crippen LogP contribution in [-0.2, 0) is 11.3 Å². The van der Waals surface area contributed by atoms with E-state index in [0.29, 0.717) is 6.61 Å². The number of hydrogen-bond donors (Lipinski definition) is 1. The minimum atomic E-state index is 0.0950. The fourth-order valence-corrected chi connectivity index (χ4v) is 3.58. The van der Waals surface area contributed by atoms with Crippen molar-refractivity contribution in [2.45, 2.75) is 40.2 Å². The number of nitrogens with zero attached hydrogens (tertiary/aromatic N) is 1. The zero-order valence-electron chi connectivity index (χ0n) is 16.6. The lowest BCUT2D eigenvalue weighted by Gasteiger charge is -2.31.